The van der Waals surface area contributed by atoms with E-state index in [0.29, 0.717) is 31.0 Å². The Kier molecular flexibility index (Phi) is 4.60. The summed E-state index contributed by atoms with van der Waals surface area (Å²) in [5.74, 6) is -0.812. The molecule has 1 aromatic heterocycles. The number of aromatic nitrogens is 1. The van der Waals surface area contributed by atoms with E-state index in [1.807, 2.05) is 24.3 Å². The number of para-hydroxylation sites is 1. The lowest BCUT2D eigenvalue weighted by molar-refractivity contribution is 0.593. The van der Waals surface area contributed by atoms with Crippen molar-refractivity contribution in [1.29, 1.82) is 0 Å². The molecule has 0 atom stereocenters. The summed E-state index contributed by atoms with van der Waals surface area (Å²) in [5.41, 5.74) is 1.34. The highest BCUT2D eigenvalue weighted by Crippen LogP contribution is 2.35. The van der Waals surface area contributed by atoms with Crippen molar-refractivity contribution in [2.45, 2.75) is 14.7 Å². The van der Waals surface area contributed by atoms with Crippen LogP contribution in [-0.4, -0.2) is 4.98 Å². The van der Waals surface area contributed by atoms with Crippen LogP contribution in [0.4, 0.5) is 8.78 Å². The standard InChI is InChI=1S/C25H15F2NOS/c26-19-8-2-5-11-23(19)30(24-12-6-3-9-20(24)27)16-13-14-22-18(15-16)25(29)17-7-1-4-10-21(17)28-22/h1-15H/p+1. The fourth-order valence-corrected chi connectivity index (χ4v) is 5.76. The average molecular weight is 416 g/mol. The van der Waals surface area contributed by atoms with Crippen molar-refractivity contribution in [3.8, 4) is 0 Å². The van der Waals surface area contributed by atoms with Gasteiger partial charge in [-0.15, -0.1) is 0 Å². The molecule has 30 heavy (non-hydrogen) atoms. The first-order valence-corrected chi connectivity index (χ1v) is 10.6. The molecule has 0 aliphatic heterocycles. The average Bonchev–Trinajstić information content (AvgIpc) is 2.77. The molecule has 5 aromatic rings. The Morgan fingerprint density at radius 1 is 0.633 bits per heavy atom. The first kappa shape index (κ1) is 18.6. The molecule has 0 unspecified atom stereocenters. The molecular formula is C25H16F2NOS+. The summed E-state index contributed by atoms with van der Waals surface area (Å²) >= 11 is 0. The van der Waals surface area contributed by atoms with E-state index in [0.717, 1.165) is 5.52 Å². The molecule has 0 saturated heterocycles. The van der Waals surface area contributed by atoms with Crippen LogP contribution in [0.1, 0.15) is 0 Å². The highest BCUT2D eigenvalue weighted by molar-refractivity contribution is 7.97. The maximum Gasteiger partial charge on any atom is 0.202 e. The number of halogens is 2. The van der Waals surface area contributed by atoms with Crippen LogP contribution in [0.3, 0.4) is 0 Å². The molecule has 5 rings (SSSR count). The van der Waals surface area contributed by atoms with Gasteiger partial charge in [0, 0.05) is 17.0 Å². The van der Waals surface area contributed by atoms with Gasteiger partial charge in [-0.2, -0.15) is 0 Å². The molecule has 0 bridgehead atoms. The second-order valence-electron chi connectivity index (χ2n) is 6.87. The van der Waals surface area contributed by atoms with Crippen LogP contribution in [0.15, 0.2) is 110 Å². The van der Waals surface area contributed by atoms with Gasteiger partial charge in [-0.25, -0.2) is 8.78 Å². The van der Waals surface area contributed by atoms with Gasteiger partial charge >= 0.3 is 0 Å². The molecule has 1 N–H and O–H groups in total. The Morgan fingerprint density at radius 2 is 1.20 bits per heavy atom. The normalized spacial score (nSPS) is 11.4. The van der Waals surface area contributed by atoms with Crippen LogP contribution in [0.25, 0.3) is 21.8 Å². The highest BCUT2D eigenvalue weighted by Gasteiger charge is 2.34. The molecule has 0 fully saturated rings. The molecular weight excluding hydrogens is 400 g/mol. The molecule has 146 valence electrons. The monoisotopic (exact) mass is 416 g/mol. The third-order valence-corrected chi connectivity index (χ3v) is 7.29. The van der Waals surface area contributed by atoms with Gasteiger partial charge in [-0.1, -0.05) is 36.4 Å². The topological polar surface area (TPSA) is 32.9 Å². The second kappa shape index (κ2) is 7.43. The fourth-order valence-electron chi connectivity index (χ4n) is 3.62. The summed E-state index contributed by atoms with van der Waals surface area (Å²) in [7, 11) is -1.04. The number of hydrogen-bond acceptors (Lipinski definition) is 1. The molecule has 0 radical (unpaired) electrons. The number of benzene rings is 4. The molecule has 1 heterocycles. The summed E-state index contributed by atoms with van der Waals surface area (Å²) in [6.07, 6.45) is 0. The lowest BCUT2D eigenvalue weighted by atomic mass is 10.1. The van der Waals surface area contributed by atoms with Crippen molar-refractivity contribution < 1.29 is 8.78 Å². The molecule has 5 heteroatoms. The number of nitrogens with one attached hydrogen (secondary N) is 1. The predicted molar refractivity (Wildman–Crippen MR) is 117 cm³/mol. The lowest BCUT2D eigenvalue weighted by Crippen LogP contribution is -2.11. The molecule has 0 aliphatic carbocycles. The predicted octanol–water partition coefficient (Wildman–Crippen LogP) is 6.05. The Balaban J connectivity index is 1.80. The van der Waals surface area contributed by atoms with E-state index in [-0.39, 0.29) is 5.43 Å². The zero-order chi connectivity index (χ0) is 20.7. The maximum absolute atomic E-state index is 14.8. The smallest absolute Gasteiger partial charge is 0.202 e. The van der Waals surface area contributed by atoms with E-state index in [4.69, 9.17) is 0 Å². The van der Waals surface area contributed by atoms with Crippen molar-refractivity contribution in [3.63, 3.8) is 0 Å². The summed E-state index contributed by atoms with van der Waals surface area (Å²) in [4.78, 5) is 17.8. The summed E-state index contributed by atoms with van der Waals surface area (Å²) < 4.78 is 29.5. The fraction of sp³-hybridized carbons (Fsp3) is 0. The van der Waals surface area contributed by atoms with Crippen molar-refractivity contribution >= 4 is 32.7 Å². The van der Waals surface area contributed by atoms with Gasteiger partial charge in [0.1, 0.15) is 10.9 Å². The quantitative estimate of drug-likeness (QED) is 0.282. The first-order valence-electron chi connectivity index (χ1n) is 9.41. The summed E-state index contributed by atoms with van der Waals surface area (Å²) in [6.45, 7) is 0. The van der Waals surface area contributed by atoms with Crippen LogP contribution < -0.4 is 5.43 Å². The van der Waals surface area contributed by atoms with Gasteiger partial charge in [0.15, 0.2) is 22.0 Å². The van der Waals surface area contributed by atoms with Gasteiger partial charge in [-0.05, 0) is 48.5 Å². The number of fused-ring (bicyclic) bond motifs is 2. The number of rotatable bonds is 3. The molecule has 4 aromatic carbocycles. The van der Waals surface area contributed by atoms with Crippen LogP contribution >= 0.6 is 0 Å². The van der Waals surface area contributed by atoms with E-state index in [2.05, 4.69) is 4.98 Å². The SMILES string of the molecule is O=c1c2ccccc2[nH]c2ccc([S+](c3ccccc3F)c3ccccc3F)cc12. The van der Waals surface area contributed by atoms with E-state index >= 15 is 0 Å². The second-order valence-corrected chi connectivity index (χ2v) is 8.84. The Labute approximate surface area is 174 Å². The third-order valence-electron chi connectivity index (χ3n) is 5.03. The van der Waals surface area contributed by atoms with Crippen molar-refractivity contribution in [2.24, 2.45) is 0 Å². The van der Waals surface area contributed by atoms with Crippen molar-refractivity contribution in [3.05, 3.63) is 113 Å². The zero-order valence-corrected chi connectivity index (χ0v) is 16.5. The first-order chi connectivity index (χ1) is 14.6. The van der Waals surface area contributed by atoms with Crippen molar-refractivity contribution in [2.75, 3.05) is 0 Å². The Bertz CT molecular complexity index is 1420. The summed E-state index contributed by atoms with van der Waals surface area (Å²) in [6, 6.07) is 25.5. The molecule has 2 nitrogen and oxygen atoms in total. The van der Waals surface area contributed by atoms with E-state index in [1.54, 1.807) is 54.6 Å². The number of aromatic amines is 1. The maximum atomic E-state index is 14.8. The number of H-pyrrole nitrogens is 1. The Hall–Kier alpha value is -3.44. The van der Waals surface area contributed by atoms with Crippen LogP contribution in [-0.2, 0) is 10.9 Å². The highest BCUT2D eigenvalue weighted by atomic mass is 32.2. The van der Waals surface area contributed by atoms with Gasteiger partial charge in [0.25, 0.3) is 0 Å². The zero-order valence-electron chi connectivity index (χ0n) is 15.7. The van der Waals surface area contributed by atoms with Crippen LogP contribution in [0, 0.1) is 11.6 Å². The summed E-state index contributed by atoms with van der Waals surface area (Å²) in [5, 5.41) is 1.08. The minimum Gasteiger partial charge on any atom is -0.354 e. The molecule has 0 amide bonds. The minimum atomic E-state index is -1.04. The van der Waals surface area contributed by atoms with Crippen molar-refractivity contribution in [1.82, 2.24) is 4.98 Å². The van der Waals surface area contributed by atoms with Gasteiger partial charge < -0.3 is 4.98 Å². The molecule has 0 spiro atoms. The largest absolute Gasteiger partial charge is 0.354 e. The van der Waals surface area contributed by atoms with E-state index in [9.17, 15) is 13.6 Å². The van der Waals surface area contributed by atoms with E-state index in [1.165, 1.54) is 12.1 Å². The molecule has 0 saturated carbocycles. The molecule has 0 aliphatic rings. The van der Waals surface area contributed by atoms with Crippen LogP contribution in [0.5, 0.6) is 0 Å². The Morgan fingerprint density at radius 3 is 1.87 bits per heavy atom. The van der Waals surface area contributed by atoms with Gasteiger partial charge in [-0.3, -0.25) is 4.79 Å². The number of hydrogen-bond donors (Lipinski definition) is 1. The van der Waals surface area contributed by atoms with E-state index < -0.39 is 22.5 Å². The lowest BCUT2D eigenvalue weighted by Gasteiger charge is -2.10. The van der Waals surface area contributed by atoms with Gasteiger partial charge in [0.2, 0.25) is 9.79 Å². The van der Waals surface area contributed by atoms with Crippen LogP contribution in [0.2, 0.25) is 0 Å². The van der Waals surface area contributed by atoms with Gasteiger partial charge in [0.05, 0.1) is 10.9 Å². The third kappa shape index (κ3) is 3.08. The number of pyridine rings is 1. The minimum absolute atomic E-state index is 0.105.